The largest absolute Gasteiger partial charge is 0.434 e. The summed E-state index contributed by atoms with van der Waals surface area (Å²) in [5.74, 6) is -0.293. The molecule has 2 saturated heterocycles. The van der Waals surface area contributed by atoms with Gasteiger partial charge in [-0.25, -0.2) is 0 Å². The van der Waals surface area contributed by atoms with Crippen LogP contribution in [-0.2, 0) is 4.79 Å². The molecule has 0 radical (unpaired) electrons. The van der Waals surface area contributed by atoms with E-state index in [1.54, 1.807) is 17.0 Å². The van der Waals surface area contributed by atoms with Crippen LogP contribution < -0.4 is 4.74 Å². The van der Waals surface area contributed by atoms with Crippen molar-refractivity contribution in [1.29, 1.82) is 0 Å². The van der Waals surface area contributed by atoms with Gasteiger partial charge in [0.05, 0.1) is 12.1 Å². The molecule has 2 fully saturated rings. The number of carbonyl (C=O) groups is 2. The van der Waals surface area contributed by atoms with Gasteiger partial charge in [-0.3, -0.25) is 14.5 Å². The quantitative estimate of drug-likeness (QED) is 0.784. The van der Waals surface area contributed by atoms with E-state index in [1.807, 2.05) is 9.80 Å². The number of hydrogen-bond acceptors (Lipinski definition) is 4. The number of alkyl halides is 2. The molecule has 0 aliphatic carbocycles. The minimum atomic E-state index is -2.98. The lowest BCUT2D eigenvalue weighted by Crippen LogP contribution is -2.52. The van der Waals surface area contributed by atoms with Crippen LogP contribution in [0.5, 0.6) is 5.75 Å². The van der Waals surface area contributed by atoms with Crippen LogP contribution in [0.15, 0.2) is 24.3 Å². The molecule has 1 aromatic carbocycles. The van der Waals surface area contributed by atoms with Crippen molar-refractivity contribution in [2.45, 2.75) is 25.9 Å². The Balaban J connectivity index is 1.53. The third-order valence-electron chi connectivity index (χ3n) is 5.06. The number of piperidine rings is 1. The van der Waals surface area contributed by atoms with Gasteiger partial charge >= 0.3 is 6.61 Å². The van der Waals surface area contributed by atoms with Crippen LogP contribution in [-0.4, -0.2) is 78.9 Å². The number of ether oxygens (including phenoxy) is 1. The highest BCUT2D eigenvalue weighted by Gasteiger charge is 2.27. The molecule has 0 saturated carbocycles. The molecule has 2 amide bonds. The number of piperazine rings is 1. The molecule has 0 unspecified atom stereocenters. The SMILES string of the molecule is O=C(CN1CCN(C(=O)c2ccccc2OC(F)F)CC1)N1CCCCC1. The van der Waals surface area contributed by atoms with Gasteiger partial charge in [-0.1, -0.05) is 12.1 Å². The van der Waals surface area contributed by atoms with Crippen LogP contribution in [0.2, 0.25) is 0 Å². The van der Waals surface area contributed by atoms with E-state index in [0.717, 1.165) is 25.9 Å². The third-order valence-corrected chi connectivity index (χ3v) is 5.06. The van der Waals surface area contributed by atoms with Gasteiger partial charge in [0.15, 0.2) is 0 Å². The zero-order valence-corrected chi connectivity index (χ0v) is 15.3. The Hall–Kier alpha value is -2.22. The Morgan fingerprint density at radius 3 is 2.26 bits per heavy atom. The fourth-order valence-corrected chi connectivity index (χ4v) is 3.56. The number of para-hydroxylation sites is 1. The van der Waals surface area contributed by atoms with Gasteiger partial charge in [-0.2, -0.15) is 8.78 Å². The highest BCUT2D eigenvalue weighted by atomic mass is 19.3. The topological polar surface area (TPSA) is 53.1 Å². The average Bonchev–Trinajstić information content (AvgIpc) is 2.69. The molecule has 2 aliphatic heterocycles. The molecule has 0 spiro atoms. The van der Waals surface area contributed by atoms with Crippen LogP contribution in [0, 0.1) is 0 Å². The second-order valence-electron chi connectivity index (χ2n) is 6.88. The van der Waals surface area contributed by atoms with Crippen LogP contribution in [0.1, 0.15) is 29.6 Å². The predicted octanol–water partition coefficient (Wildman–Crippen LogP) is 2.06. The zero-order valence-electron chi connectivity index (χ0n) is 15.3. The van der Waals surface area contributed by atoms with Gasteiger partial charge in [0.1, 0.15) is 5.75 Å². The molecule has 0 aromatic heterocycles. The number of amides is 2. The number of halogens is 2. The van der Waals surface area contributed by atoms with E-state index in [-0.39, 0.29) is 23.1 Å². The summed E-state index contributed by atoms with van der Waals surface area (Å²) in [6.07, 6.45) is 3.31. The first-order valence-corrected chi connectivity index (χ1v) is 9.38. The number of hydrogen-bond donors (Lipinski definition) is 0. The number of rotatable bonds is 5. The molecule has 0 bridgehead atoms. The number of nitrogens with zero attached hydrogens (tertiary/aromatic N) is 3. The predicted molar refractivity (Wildman–Crippen MR) is 95.8 cm³/mol. The van der Waals surface area contributed by atoms with Gasteiger partial charge in [0, 0.05) is 39.3 Å². The molecule has 0 N–H and O–H groups in total. The molecule has 2 heterocycles. The molecule has 2 aliphatic rings. The molecule has 3 rings (SSSR count). The first-order chi connectivity index (χ1) is 13.0. The first kappa shape index (κ1) is 19.5. The number of carbonyl (C=O) groups excluding carboxylic acids is 2. The molecule has 6 nitrogen and oxygen atoms in total. The lowest BCUT2D eigenvalue weighted by molar-refractivity contribution is -0.133. The first-order valence-electron chi connectivity index (χ1n) is 9.38. The third kappa shape index (κ3) is 5.15. The van der Waals surface area contributed by atoms with E-state index in [1.165, 1.54) is 18.6 Å². The lowest BCUT2D eigenvalue weighted by atomic mass is 10.1. The summed E-state index contributed by atoms with van der Waals surface area (Å²) in [5, 5.41) is 0. The highest BCUT2D eigenvalue weighted by molar-refractivity contribution is 5.97. The fraction of sp³-hybridized carbons (Fsp3) is 0.579. The van der Waals surface area contributed by atoms with Crippen molar-refractivity contribution < 1.29 is 23.1 Å². The van der Waals surface area contributed by atoms with Crippen molar-refractivity contribution in [3.63, 3.8) is 0 Å². The molecular weight excluding hydrogens is 356 g/mol. The summed E-state index contributed by atoms with van der Waals surface area (Å²) in [6.45, 7) is 1.14. The maximum atomic E-state index is 12.7. The van der Waals surface area contributed by atoms with Gasteiger partial charge < -0.3 is 14.5 Å². The summed E-state index contributed by atoms with van der Waals surface area (Å²) in [5.41, 5.74) is 0.135. The maximum Gasteiger partial charge on any atom is 0.387 e. The van der Waals surface area contributed by atoms with Crippen molar-refractivity contribution in [2.24, 2.45) is 0 Å². The second-order valence-corrected chi connectivity index (χ2v) is 6.88. The van der Waals surface area contributed by atoms with Gasteiger partial charge in [-0.15, -0.1) is 0 Å². The van der Waals surface area contributed by atoms with E-state index >= 15 is 0 Å². The van der Waals surface area contributed by atoms with Crippen molar-refractivity contribution in [2.75, 3.05) is 45.8 Å². The van der Waals surface area contributed by atoms with Gasteiger partial charge in [-0.05, 0) is 31.4 Å². The Bertz CT molecular complexity index is 657. The molecule has 27 heavy (non-hydrogen) atoms. The summed E-state index contributed by atoms with van der Waals surface area (Å²) >= 11 is 0. The van der Waals surface area contributed by atoms with Crippen molar-refractivity contribution in [1.82, 2.24) is 14.7 Å². The summed E-state index contributed by atoms with van der Waals surface area (Å²) in [7, 11) is 0. The van der Waals surface area contributed by atoms with E-state index in [2.05, 4.69) is 4.74 Å². The minimum absolute atomic E-state index is 0.111. The minimum Gasteiger partial charge on any atom is -0.434 e. The van der Waals surface area contributed by atoms with Crippen LogP contribution >= 0.6 is 0 Å². The molecule has 0 atom stereocenters. The Labute approximate surface area is 157 Å². The van der Waals surface area contributed by atoms with Crippen molar-refractivity contribution >= 4 is 11.8 Å². The monoisotopic (exact) mass is 381 g/mol. The summed E-state index contributed by atoms with van der Waals surface area (Å²) < 4.78 is 29.5. The van der Waals surface area contributed by atoms with E-state index in [4.69, 9.17) is 0 Å². The standard InChI is InChI=1S/C19H25F2N3O3/c20-19(21)27-16-7-3-2-6-15(16)18(26)24-12-10-22(11-13-24)14-17(25)23-8-4-1-5-9-23/h2-3,6-7,19H,1,4-5,8-14H2. The average molecular weight is 381 g/mol. The normalized spacial score (nSPS) is 18.6. The van der Waals surface area contributed by atoms with E-state index < -0.39 is 6.61 Å². The lowest BCUT2D eigenvalue weighted by Gasteiger charge is -2.36. The molecule has 148 valence electrons. The zero-order chi connectivity index (χ0) is 19.2. The Morgan fingerprint density at radius 1 is 0.926 bits per heavy atom. The number of benzene rings is 1. The smallest absolute Gasteiger partial charge is 0.387 e. The highest BCUT2D eigenvalue weighted by Crippen LogP contribution is 2.22. The van der Waals surface area contributed by atoms with Crippen LogP contribution in [0.4, 0.5) is 8.78 Å². The number of likely N-dealkylation sites (tertiary alicyclic amines) is 1. The van der Waals surface area contributed by atoms with E-state index in [9.17, 15) is 18.4 Å². The van der Waals surface area contributed by atoms with Crippen molar-refractivity contribution in [3.8, 4) is 5.75 Å². The van der Waals surface area contributed by atoms with Crippen molar-refractivity contribution in [3.05, 3.63) is 29.8 Å². The molecular formula is C19H25F2N3O3. The second kappa shape index (κ2) is 9.12. The Kier molecular flexibility index (Phi) is 6.60. The van der Waals surface area contributed by atoms with Crippen LogP contribution in [0.25, 0.3) is 0 Å². The van der Waals surface area contributed by atoms with Crippen LogP contribution in [0.3, 0.4) is 0 Å². The Morgan fingerprint density at radius 2 is 1.59 bits per heavy atom. The molecule has 8 heteroatoms. The molecule has 1 aromatic rings. The van der Waals surface area contributed by atoms with Gasteiger partial charge in [0.25, 0.3) is 5.91 Å². The maximum absolute atomic E-state index is 12.7. The van der Waals surface area contributed by atoms with Gasteiger partial charge in [0.2, 0.25) is 5.91 Å². The summed E-state index contributed by atoms with van der Waals surface area (Å²) in [4.78, 5) is 30.6. The summed E-state index contributed by atoms with van der Waals surface area (Å²) in [6, 6.07) is 6.04. The van der Waals surface area contributed by atoms with E-state index in [0.29, 0.717) is 32.7 Å². The fourth-order valence-electron chi connectivity index (χ4n) is 3.56.